The molecule has 0 saturated carbocycles. The van der Waals surface area contributed by atoms with Crippen molar-refractivity contribution in [2.24, 2.45) is 11.8 Å². The second kappa shape index (κ2) is 19.2. The van der Waals surface area contributed by atoms with Crippen LogP contribution in [-0.2, 0) is 42.7 Å². The third-order valence-electron chi connectivity index (χ3n) is 10.9. The molecule has 4 saturated heterocycles. The lowest BCUT2D eigenvalue weighted by Crippen LogP contribution is -2.68. The molecule has 0 aliphatic carbocycles. The molecule has 0 radical (unpaired) electrons. The van der Waals surface area contributed by atoms with E-state index in [9.17, 15) is 91.3 Å². The van der Waals surface area contributed by atoms with Crippen molar-refractivity contribution in [2.75, 3.05) is 26.4 Å². The first kappa shape index (κ1) is 47.8. The number of hydrogen-bond acceptors (Lipinski definition) is 23. The highest BCUT2D eigenvalue weighted by molar-refractivity contribution is 5.76. The van der Waals surface area contributed by atoms with Gasteiger partial charge in [-0.25, -0.2) is 9.59 Å². The molecule has 57 heavy (non-hydrogen) atoms. The maximum Gasteiger partial charge on any atom is 0.364 e. The molecule has 25 nitrogen and oxygen atoms in total. The van der Waals surface area contributed by atoms with Gasteiger partial charge in [0.1, 0.15) is 73.2 Å². The van der Waals surface area contributed by atoms with Gasteiger partial charge < -0.3 is 115 Å². The van der Waals surface area contributed by atoms with Crippen LogP contribution in [0.1, 0.15) is 26.7 Å². The van der Waals surface area contributed by atoms with Crippen LogP contribution in [0, 0.1) is 11.8 Å². The van der Waals surface area contributed by atoms with Crippen LogP contribution in [0.25, 0.3) is 0 Å². The Morgan fingerprint density at radius 3 is 1.70 bits per heavy atom. The minimum absolute atomic E-state index is 0.881. The summed E-state index contributed by atoms with van der Waals surface area (Å²) in [6.07, 6.45) is -36.8. The zero-order valence-corrected chi connectivity index (χ0v) is 30.6. The van der Waals surface area contributed by atoms with E-state index in [0.717, 1.165) is 0 Å². The SMILES string of the molecule is C[C@@H]1C(O)C[C@](O[C@H](CO)[C@@H](O)[C@@H]2O[C@@](O[C@@H]3C(O)[C@H](O[C@@H]4C(CO)OC(O)C(O)[C@H]4O)OC(CO)[C@@H]3O)(C(=O)O)CC(O)[C@H]2C)(C(=O)O)O[C@H]1[C@H](O)[C@H](O)CO. The van der Waals surface area contributed by atoms with Crippen LogP contribution in [0.2, 0.25) is 0 Å². The number of carbonyl (C=O) groups is 2. The predicted octanol–water partition coefficient (Wildman–Crippen LogP) is -8.79. The minimum atomic E-state index is -3.12. The second-order valence-corrected chi connectivity index (χ2v) is 14.7. The van der Waals surface area contributed by atoms with Gasteiger partial charge in [-0.3, -0.25) is 0 Å². The van der Waals surface area contributed by atoms with E-state index >= 15 is 0 Å². The van der Waals surface area contributed by atoms with Crippen molar-refractivity contribution in [3.05, 3.63) is 0 Å². The first-order valence-corrected chi connectivity index (χ1v) is 18.0. The van der Waals surface area contributed by atoms with Crippen molar-refractivity contribution >= 4 is 11.9 Å². The van der Waals surface area contributed by atoms with Crippen molar-refractivity contribution in [3.8, 4) is 0 Å². The van der Waals surface area contributed by atoms with Crippen molar-refractivity contribution in [1.82, 2.24) is 0 Å². The lowest BCUT2D eigenvalue weighted by molar-refractivity contribution is -0.389. The van der Waals surface area contributed by atoms with Gasteiger partial charge in [0.2, 0.25) is 0 Å². The lowest BCUT2D eigenvalue weighted by atomic mass is 9.83. The topological polar surface area (TPSA) is 422 Å². The fourth-order valence-electron chi connectivity index (χ4n) is 7.31. The van der Waals surface area contributed by atoms with Crippen molar-refractivity contribution < 1.29 is 124 Å². The van der Waals surface area contributed by atoms with Gasteiger partial charge in [0.25, 0.3) is 11.6 Å². The molecule has 4 rings (SSSR count). The van der Waals surface area contributed by atoms with Gasteiger partial charge in [-0.05, 0) is 0 Å². The first-order valence-electron chi connectivity index (χ1n) is 18.0. The molecule has 0 aromatic rings. The van der Waals surface area contributed by atoms with E-state index in [2.05, 4.69) is 0 Å². The minimum Gasteiger partial charge on any atom is -0.477 e. The molecule has 0 aromatic heterocycles. The molecule has 16 N–H and O–H groups in total. The van der Waals surface area contributed by atoms with E-state index in [4.69, 9.17) is 33.2 Å². The molecule has 0 aromatic carbocycles. The van der Waals surface area contributed by atoms with Gasteiger partial charge >= 0.3 is 11.9 Å². The summed E-state index contributed by atoms with van der Waals surface area (Å²) in [6, 6.07) is 0. The third-order valence-corrected chi connectivity index (χ3v) is 10.9. The molecule has 0 spiro atoms. The molecule has 4 heterocycles. The Labute approximate surface area is 323 Å². The molecule has 25 heteroatoms. The number of aliphatic hydroxyl groups excluding tert-OH is 14. The number of carboxylic acids is 2. The van der Waals surface area contributed by atoms with Crippen LogP contribution < -0.4 is 0 Å². The highest BCUT2D eigenvalue weighted by Gasteiger charge is 2.61. The smallest absolute Gasteiger partial charge is 0.364 e. The molecule has 4 fully saturated rings. The molecule has 22 atom stereocenters. The lowest BCUT2D eigenvalue weighted by Gasteiger charge is -2.51. The standard InChI is InChI=1S/C32H54O25/c1-9-11(37)3-31(29(47)48,55-23(9)17(40)13(39)5-33)54-15(7-35)19(42)24-10(2)12(38)4-32(56-24,30(49)50)57-26-18(41)14(6-34)52-28(22(26)45)53-25-16(8-36)51-27(46)21(44)20(25)43/h9-28,33-46H,3-8H2,1-2H3,(H,47,48)(H,49,50)/t9-,10-,11?,12?,13-,14?,15-,16?,17-,18+,19-,20-,21?,22?,23-,24-,25-,26+,27?,28+,31-,32+/m1/s1. The van der Waals surface area contributed by atoms with Crippen LogP contribution in [-0.4, -0.2) is 242 Å². The first-order chi connectivity index (χ1) is 26.6. The Morgan fingerprint density at radius 1 is 0.667 bits per heavy atom. The number of aliphatic hydroxyl groups is 14. The number of rotatable bonds is 16. The van der Waals surface area contributed by atoms with Gasteiger partial charge in [-0.15, -0.1) is 0 Å². The van der Waals surface area contributed by atoms with Gasteiger partial charge in [0.15, 0.2) is 12.6 Å². The Morgan fingerprint density at radius 2 is 1.19 bits per heavy atom. The Balaban J connectivity index is 1.63. The molecule has 4 aliphatic heterocycles. The van der Waals surface area contributed by atoms with Gasteiger partial charge in [-0.1, -0.05) is 13.8 Å². The molecule has 4 aliphatic rings. The van der Waals surface area contributed by atoms with E-state index in [1.165, 1.54) is 13.8 Å². The molecular weight excluding hydrogens is 784 g/mol. The summed E-state index contributed by atoms with van der Waals surface area (Å²) in [7, 11) is 0. The fourth-order valence-corrected chi connectivity index (χ4v) is 7.31. The molecule has 7 unspecified atom stereocenters. The van der Waals surface area contributed by atoms with Gasteiger partial charge in [0, 0.05) is 24.7 Å². The fraction of sp³-hybridized carbons (Fsp3) is 0.938. The zero-order valence-electron chi connectivity index (χ0n) is 30.6. The highest BCUT2D eigenvalue weighted by atomic mass is 16.8. The largest absolute Gasteiger partial charge is 0.477 e. The summed E-state index contributed by atoms with van der Waals surface area (Å²) in [5.41, 5.74) is 0. The average molecular weight is 839 g/mol. The Kier molecular flexibility index (Phi) is 16.1. The maximum atomic E-state index is 13.0. The highest BCUT2D eigenvalue weighted by Crippen LogP contribution is 2.42. The van der Waals surface area contributed by atoms with Crippen LogP contribution in [0.3, 0.4) is 0 Å². The monoisotopic (exact) mass is 838 g/mol. The molecule has 0 amide bonds. The van der Waals surface area contributed by atoms with E-state index in [1.807, 2.05) is 0 Å². The number of ether oxygens (including phenoxy) is 7. The molecular formula is C32H54O25. The Hall–Kier alpha value is -1.90. The summed E-state index contributed by atoms with van der Waals surface area (Å²) in [6.45, 7) is -1.62. The quantitative estimate of drug-likeness (QED) is 0.0686. The van der Waals surface area contributed by atoms with Crippen molar-refractivity contribution in [2.45, 2.75) is 149 Å². The summed E-state index contributed by atoms with van der Waals surface area (Å²) in [5, 5.41) is 167. The number of hydrogen-bond donors (Lipinski definition) is 16. The maximum absolute atomic E-state index is 13.0. The van der Waals surface area contributed by atoms with Crippen molar-refractivity contribution in [3.63, 3.8) is 0 Å². The number of aliphatic carboxylic acids is 2. The predicted molar refractivity (Wildman–Crippen MR) is 175 cm³/mol. The average Bonchev–Trinajstić information content (AvgIpc) is 3.17. The van der Waals surface area contributed by atoms with Gasteiger partial charge in [0.05, 0.1) is 50.8 Å². The van der Waals surface area contributed by atoms with Crippen LogP contribution >= 0.6 is 0 Å². The second-order valence-electron chi connectivity index (χ2n) is 14.7. The summed E-state index contributed by atoms with van der Waals surface area (Å²) >= 11 is 0. The normalized spacial score (nSPS) is 46.5. The van der Waals surface area contributed by atoms with Crippen LogP contribution in [0.15, 0.2) is 0 Å². The van der Waals surface area contributed by atoms with Gasteiger partial charge in [-0.2, -0.15) is 0 Å². The van der Waals surface area contributed by atoms with Crippen molar-refractivity contribution in [1.29, 1.82) is 0 Å². The van der Waals surface area contributed by atoms with Crippen LogP contribution in [0.4, 0.5) is 0 Å². The van der Waals surface area contributed by atoms with E-state index in [-0.39, 0.29) is 0 Å². The summed E-state index contributed by atoms with van der Waals surface area (Å²) in [5.74, 6) is -12.4. The third kappa shape index (κ3) is 9.54. The number of carboxylic acid groups (broad SMARTS) is 2. The summed E-state index contributed by atoms with van der Waals surface area (Å²) in [4.78, 5) is 25.6. The van der Waals surface area contributed by atoms with E-state index in [0.29, 0.717) is 0 Å². The van der Waals surface area contributed by atoms with E-state index in [1.54, 1.807) is 0 Å². The van der Waals surface area contributed by atoms with Crippen LogP contribution in [0.5, 0.6) is 0 Å². The zero-order chi connectivity index (χ0) is 42.9. The summed E-state index contributed by atoms with van der Waals surface area (Å²) < 4.78 is 38.5. The Bertz CT molecular complexity index is 1330. The molecule has 0 bridgehead atoms. The van der Waals surface area contributed by atoms with E-state index < -0.39 is 185 Å². The molecule has 332 valence electrons.